The van der Waals surface area contributed by atoms with Crippen molar-refractivity contribution >= 4 is 21.8 Å². The Kier molecular flexibility index (Phi) is 3.11. The van der Waals surface area contributed by atoms with Crippen molar-refractivity contribution in [1.29, 1.82) is 0 Å². The van der Waals surface area contributed by atoms with Crippen molar-refractivity contribution in [2.45, 2.75) is 25.4 Å². The van der Waals surface area contributed by atoms with Crippen LogP contribution in [-0.2, 0) is 4.79 Å². The summed E-state index contributed by atoms with van der Waals surface area (Å²) < 4.78 is 6.15. The van der Waals surface area contributed by atoms with Gasteiger partial charge in [-0.25, -0.2) is 0 Å². The van der Waals surface area contributed by atoms with Crippen molar-refractivity contribution in [2.24, 2.45) is 0 Å². The van der Waals surface area contributed by atoms with E-state index in [9.17, 15) is 4.79 Å². The van der Waals surface area contributed by atoms with Crippen LogP contribution in [0.4, 0.5) is 0 Å². The van der Waals surface area contributed by atoms with Crippen molar-refractivity contribution in [1.82, 2.24) is 10.6 Å². The molecule has 0 aromatic carbocycles. The number of nitrogens with one attached hydrogen (secondary N) is 2. The number of rotatable bonds is 2. The van der Waals surface area contributed by atoms with Crippen molar-refractivity contribution in [3.8, 4) is 0 Å². The summed E-state index contributed by atoms with van der Waals surface area (Å²) in [6, 6.07) is 3.89. The van der Waals surface area contributed by atoms with Crippen LogP contribution >= 0.6 is 15.9 Å². The number of carbonyl (C=O) groups is 1. The lowest BCUT2D eigenvalue weighted by molar-refractivity contribution is -0.123. The number of carbonyl (C=O) groups excluding carboxylic acids is 1. The lowest BCUT2D eigenvalue weighted by atomic mass is 10.0. The number of hydrogen-bond acceptors (Lipinski definition) is 3. The van der Waals surface area contributed by atoms with Gasteiger partial charge in [0.25, 0.3) is 0 Å². The van der Waals surface area contributed by atoms with Gasteiger partial charge in [0.1, 0.15) is 11.8 Å². The minimum absolute atomic E-state index is 0.0113. The summed E-state index contributed by atoms with van der Waals surface area (Å²) in [5.74, 6) is 0.798. The second kappa shape index (κ2) is 4.37. The van der Waals surface area contributed by atoms with E-state index in [0.717, 1.165) is 12.2 Å². The Hall–Kier alpha value is -0.810. The molecule has 0 spiro atoms. The molecule has 2 N–H and O–H groups in total. The summed E-state index contributed by atoms with van der Waals surface area (Å²) in [5, 5.41) is 6.12. The molecule has 0 saturated carbocycles. The standard InChI is InChI=1S/C10H13BrN2O2/c1-2-6-10(13-9(14)5-12-6)7-3-4-8(11)15-7/h3-4,6,10,12H,2,5H2,1H3,(H,13,14). The maximum atomic E-state index is 11.3. The molecule has 2 unspecified atom stereocenters. The van der Waals surface area contributed by atoms with Crippen LogP contribution < -0.4 is 10.6 Å². The lowest BCUT2D eigenvalue weighted by Gasteiger charge is -2.31. The molecule has 2 heterocycles. The Morgan fingerprint density at radius 1 is 1.60 bits per heavy atom. The van der Waals surface area contributed by atoms with E-state index in [1.54, 1.807) is 0 Å². The number of amides is 1. The molecular formula is C10H13BrN2O2. The number of halogens is 1. The maximum Gasteiger partial charge on any atom is 0.234 e. The molecule has 5 heteroatoms. The van der Waals surface area contributed by atoms with Gasteiger partial charge in [0.05, 0.1) is 6.54 Å². The van der Waals surface area contributed by atoms with E-state index < -0.39 is 0 Å². The van der Waals surface area contributed by atoms with E-state index in [1.165, 1.54) is 0 Å². The molecule has 1 aliphatic heterocycles. The van der Waals surface area contributed by atoms with Crippen LogP contribution in [0.3, 0.4) is 0 Å². The van der Waals surface area contributed by atoms with Gasteiger partial charge < -0.3 is 15.1 Å². The van der Waals surface area contributed by atoms with Crippen LogP contribution in [-0.4, -0.2) is 18.5 Å². The summed E-state index contributed by atoms with van der Waals surface area (Å²) in [5.41, 5.74) is 0. The molecule has 0 radical (unpaired) electrons. The summed E-state index contributed by atoms with van der Waals surface area (Å²) in [4.78, 5) is 11.3. The molecule has 15 heavy (non-hydrogen) atoms. The van der Waals surface area contributed by atoms with Crippen molar-refractivity contribution < 1.29 is 9.21 Å². The summed E-state index contributed by atoms with van der Waals surface area (Å²) in [6.45, 7) is 2.47. The van der Waals surface area contributed by atoms with Gasteiger partial charge in [-0.1, -0.05) is 6.92 Å². The van der Waals surface area contributed by atoms with Crippen LogP contribution in [0.2, 0.25) is 0 Å². The van der Waals surface area contributed by atoms with Gasteiger partial charge in [0.2, 0.25) is 5.91 Å². The van der Waals surface area contributed by atoms with Crippen LogP contribution in [0.5, 0.6) is 0 Å². The second-order valence-electron chi connectivity index (χ2n) is 3.58. The van der Waals surface area contributed by atoms with Gasteiger partial charge in [-0.15, -0.1) is 0 Å². The summed E-state index contributed by atoms with van der Waals surface area (Å²) in [7, 11) is 0. The quantitative estimate of drug-likeness (QED) is 0.860. The SMILES string of the molecule is CCC1NCC(=O)NC1c1ccc(Br)o1. The van der Waals surface area contributed by atoms with Crippen LogP contribution in [0, 0.1) is 0 Å². The first kappa shape index (κ1) is 10.7. The highest BCUT2D eigenvalue weighted by molar-refractivity contribution is 9.10. The van der Waals surface area contributed by atoms with Crippen molar-refractivity contribution in [2.75, 3.05) is 6.54 Å². The molecule has 4 nitrogen and oxygen atoms in total. The smallest absolute Gasteiger partial charge is 0.234 e. The molecule has 0 bridgehead atoms. The molecule has 1 aromatic heterocycles. The highest BCUT2D eigenvalue weighted by atomic mass is 79.9. The third kappa shape index (κ3) is 2.23. The number of furan rings is 1. The van der Waals surface area contributed by atoms with Gasteiger partial charge in [-0.3, -0.25) is 4.79 Å². The average molecular weight is 273 g/mol. The molecule has 1 fully saturated rings. The fourth-order valence-electron chi connectivity index (χ4n) is 1.81. The Morgan fingerprint density at radius 3 is 3.00 bits per heavy atom. The molecule has 1 amide bonds. The van der Waals surface area contributed by atoms with E-state index in [4.69, 9.17) is 4.42 Å². The van der Waals surface area contributed by atoms with Gasteiger partial charge in [-0.2, -0.15) is 0 Å². The zero-order valence-corrected chi connectivity index (χ0v) is 10.0. The third-order valence-corrected chi connectivity index (χ3v) is 3.01. The van der Waals surface area contributed by atoms with Gasteiger partial charge in [0.15, 0.2) is 4.67 Å². The predicted octanol–water partition coefficient (Wildman–Crippen LogP) is 1.58. The van der Waals surface area contributed by atoms with Gasteiger partial charge >= 0.3 is 0 Å². The fourth-order valence-corrected chi connectivity index (χ4v) is 2.13. The lowest BCUT2D eigenvalue weighted by Crippen LogP contribution is -2.53. The Labute approximate surface area is 96.5 Å². The monoisotopic (exact) mass is 272 g/mol. The zero-order valence-electron chi connectivity index (χ0n) is 8.42. The minimum atomic E-state index is -0.0671. The zero-order chi connectivity index (χ0) is 10.8. The molecule has 82 valence electrons. The predicted molar refractivity (Wildman–Crippen MR) is 59.4 cm³/mol. The Morgan fingerprint density at radius 2 is 2.40 bits per heavy atom. The van der Waals surface area contributed by atoms with E-state index in [-0.39, 0.29) is 18.0 Å². The van der Waals surface area contributed by atoms with Gasteiger partial charge in [0, 0.05) is 6.04 Å². The second-order valence-corrected chi connectivity index (χ2v) is 4.36. The van der Waals surface area contributed by atoms with E-state index >= 15 is 0 Å². The number of piperazine rings is 1. The highest BCUT2D eigenvalue weighted by Gasteiger charge is 2.30. The van der Waals surface area contributed by atoms with Crippen LogP contribution in [0.1, 0.15) is 25.1 Å². The summed E-state index contributed by atoms with van der Waals surface area (Å²) >= 11 is 3.26. The molecule has 1 saturated heterocycles. The van der Waals surface area contributed by atoms with Gasteiger partial charge in [-0.05, 0) is 34.5 Å². The number of hydrogen-bond donors (Lipinski definition) is 2. The Balaban J connectivity index is 2.20. The normalized spacial score (nSPS) is 26.4. The van der Waals surface area contributed by atoms with Crippen LogP contribution in [0.25, 0.3) is 0 Å². The van der Waals surface area contributed by atoms with E-state index in [0.29, 0.717) is 11.2 Å². The molecule has 0 aliphatic carbocycles. The molecule has 2 rings (SSSR count). The van der Waals surface area contributed by atoms with E-state index in [1.807, 2.05) is 12.1 Å². The average Bonchev–Trinajstić information content (AvgIpc) is 2.65. The molecule has 1 aliphatic rings. The highest BCUT2D eigenvalue weighted by Crippen LogP contribution is 2.25. The first-order chi connectivity index (χ1) is 7.20. The van der Waals surface area contributed by atoms with Crippen molar-refractivity contribution in [3.05, 3.63) is 22.6 Å². The van der Waals surface area contributed by atoms with E-state index in [2.05, 4.69) is 33.5 Å². The summed E-state index contributed by atoms with van der Waals surface area (Å²) in [6.07, 6.45) is 0.948. The molecular weight excluding hydrogens is 260 g/mol. The first-order valence-corrected chi connectivity index (χ1v) is 5.78. The largest absolute Gasteiger partial charge is 0.452 e. The first-order valence-electron chi connectivity index (χ1n) is 4.98. The Bertz CT molecular complexity index is 364. The molecule has 2 atom stereocenters. The van der Waals surface area contributed by atoms with Crippen molar-refractivity contribution in [3.63, 3.8) is 0 Å². The minimum Gasteiger partial charge on any atom is -0.452 e. The topological polar surface area (TPSA) is 54.3 Å². The molecule has 1 aromatic rings. The third-order valence-electron chi connectivity index (χ3n) is 2.58. The maximum absolute atomic E-state index is 11.3. The fraction of sp³-hybridized carbons (Fsp3) is 0.500. The van der Waals surface area contributed by atoms with Crippen LogP contribution in [0.15, 0.2) is 21.2 Å².